The molecule has 0 spiro atoms. The highest BCUT2D eigenvalue weighted by Crippen LogP contribution is 2.67. The van der Waals surface area contributed by atoms with E-state index in [1.165, 1.54) is 0 Å². The van der Waals surface area contributed by atoms with Gasteiger partial charge in [-0.1, -0.05) is 0 Å². The number of fused-ring (bicyclic) bond motifs is 1. The standard InChI is InChI=1S/C13H10F8O2/c1-5-4-6(22-2)7-8(9(5)23-3)11(16,17)13(20,21)12(18,19)10(7,14)15/h4H,1-3H3. The number of benzene rings is 1. The number of aryl methyl sites for hydroxylation is 1. The van der Waals surface area contributed by atoms with E-state index in [0.29, 0.717) is 0 Å². The van der Waals surface area contributed by atoms with Crippen molar-refractivity contribution in [2.24, 2.45) is 0 Å². The predicted molar refractivity (Wildman–Crippen MR) is 62.0 cm³/mol. The van der Waals surface area contributed by atoms with Gasteiger partial charge in [-0.05, 0) is 18.6 Å². The smallest absolute Gasteiger partial charge is 0.383 e. The van der Waals surface area contributed by atoms with E-state index < -0.39 is 46.3 Å². The zero-order chi connectivity index (χ0) is 18.0. The van der Waals surface area contributed by atoms with Crippen LogP contribution in [0.5, 0.6) is 11.5 Å². The Bertz CT molecular complexity index is 654. The molecule has 1 aromatic carbocycles. The van der Waals surface area contributed by atoms with E-state index in [1.807, 2.05) is 0 Å². The van der Waals surface area contributed by atoms with E-state index in [9.17, 15) is 35.1 Å². The Kier molecular flexibility index (Phi) is 3.55. The highest BCUT2D eigenvalue weighted by molar-refractivity contribution is 5.60. The number of alkyl halides is 8. The average Bonchev–Trinajstić information content (AvgIpc) is 2.43. The minimum atomic E-state index is -6.33. The molecule has 0 saturated heterocycles. The molecule has 2 nitrogen and oxygen atoms in total. The van der Waals surface area contributed by atoms with Gasteiger partial charge in [-0.3, -0.25) is 0 Å². The van der Waals surface area contributed by atoms with Crippen LogP contribution >= 0.6 is 0 Å². The monoisotopic (exact) mass is 350 g/mol. The maximum absolute atomic E-state index is 14.1. The van der Waals surface area contributed by atoms with Crippen LogP contribution in [0, 0.1) is 6.92 Å². The Morgan fingerprint density at radius 3 is 1.57 bits per heavy atom. The highest BCUT2D eigenvalue weighted by atomic mass is 19.4. The van der Waals surface area contributed by atoms with Gasteiger partial charge in [-0.15, -0.1) is 0 Å². The van der Waals surface area contributed by atoms with Gasteiger partial charge in [-0.25, -0.2) is 0 Å². The summed E-state index contributed by atoms with van der Waals surface area (Å²) < 4.78 is 119. The second-order valence-electron chi connectivity index (χ2n) is 4.98. The fourth-order valence-electron chi connectivity index (χ4n) is 2.51. The topological polar surface area (TPSA) is 18.5 Å². The summed E-state index contributed by atoms with van der Waals surface area (Å²) in [6.45, 7) is 1.10. The lowest BCUT2D eigenvalue weighted by Crippen LogP contribution is -2.64. The molecule has 0 amide bonds. The normalized spacial score (nSPS) is 23.1. The second-order valence-corrected chi connectivity index (χ2v) is 4.98. The van der Waals surface area contributed by atoms with Gasteiger partial charge in [0.2, 0.25) is 0 Å². The van der Waals surface area contributed by atoms with Crippen molar-refractivity contribution in [2.75, 3.05) is 14.2 Å². The van der Waals surface area contributed by atoms with Crippen molar-refractivity contribution in [3.8, 4) is 11.5 Å². The van der Waals surface area contributed by atoms with Crippen LogP contribution in [0.3, 0.4) is 0 Å². The highest BCUT2D eigenvalue weighted by Gasteiger charge is 2.86. The Morgan fingerprint density at radius 2 is 1.17 bits per heavy atom. The lowest BCUT2D eigenvalue weighted by molar-refractivity contribution is -0.387. The van der Waals surface area contributed by atoms with Gasteiger partial charge >= 0.3 is 23.7 Å². The molecule has 23 heavy (non-hydrogen) atoms. The first kappa shape index (κ1) is 17.6. The number of hydrogen-bond donors (Lipinski definition) is 0. The Labute approximate surface area is 125 Å². The molecule has 0 fully saturated rings. The van der Waals surface area contributed by atoms with Gasteiger partial charge in [0.05, 0.1) is 25.3 Å². The molecule has 1 aliphatic rings. The first-order chi connectivity index (χ1) is 10.3. The lowest BCUT2D eigenvalue weighted by Gasteiger charge is -2.43. The average molecular weight is 350 g/mol. The van der Waals surface area contributed by atoms with Gasteiger partial charge < -0.3 is 9.47 Å². The quantitative estimate of drug-likeness (QED) is 0.733. The molecule has 1 aromatic rings. The third-order valence-corrected chi connectivity index (χ3v) is 3.66. The summed E-state index contributed by atoms with van der Waals surface area (Å²) in [5.41, 5.74) is -4.26. The SMILES string of the molecule is COc1cc(C)c(OC)c2c1C(F)(F)C(F)(F)C(F)(F)C2(F)F. The van der Waals surface area contributed by atoms with Crippen LogP contribution in [0.4, 0.5) is 35.1 Å². The number of ether oxygens (including phenoxy) is 2. The molecular formula is C13H10F8O2. The number of rotatable bonds is 2. The third kappa shape index (κ3) is 1.80. The maximum Gasteiger partial charge on any atom is 0.383 e. The van der Waals surface area contributed by atoms with E-state index in [4.69, 9.17) is 0 Å². The van der Waals surface area contributed by atoms with Crippen molar-refractivity contribution in [1.29, 1.82) is 0 Å². The molecular weight excluding hydrogens is 340 g/mol. The minimum Gasteiger partial charge on any atom is -0.496 e. The third-order valence-electron chi connectivity index (χ3n) is 3.66. The van der Waals surface area contributed by atoms with E-state index in [0.717, 1.165) is 27.2 Å². The summed E-state index contributed by atoms with van der Waals surface area (Å²) in [7, 11) is 1.54. The molecule has 0 aliphatic heterocycles. The Morgan fingerprint density at radius 1 is 0.739 bits per heavy atom. The summed E-state index contributed by atoms with van der Waals surface area (Å²) in [5, 5.41) is 0. The fourth-order valence-corrected chi connectivity index (χ4v) is 2.51. The van der Waals surface area contributed by atoms with Crippen molar-refractivity contribution >= 4 is 0 Å². The first-order valence-electron chi connectivity index (χ1n) is 6.06. The van der Waals surface area contributed by atoms with Crippen LogP contribution in [-0.4, -0.2) is 26.1 Å². The summed E-state index contributed by atoms with van der Waals surface area (Å²) in [6.07, 6.45) is 0. The van der Waals surface area contributed by atoms with Crippen LogP contribution in [0.1, 0.15) is 16.7 Å². The molecule has 2 rings (SSSR count). The van der Waals surface area contributed by atoms with Crippen molar-refractivity contribution in [1.82, 2.24) is 0 Å². The van der Waals surface area contributed by atoms with Crippen molar-refractivity contribution in [3.05, 3.63) is 22.8 Å². The molecule has 0 radical (unpaired) electrons. The van der Waals surface area contributed by atoms with Gasteiger partial charge in [0, 0.05) is 0 Å². The van der Waals surface area contributed by atoms with Gasteiger partial charge in [-0.2, -0.15) is 35.1 Å². The maximum atomic E-state index is 14.1. The lowest BCUT2D eigenvalue weighted by atomic mass is 9.78. The summed E-state index contributed by atoms with van der Waals surface area (Å²) in [4.78, 5) is 0. The molecule has 0 heterocycles. The van der Waals surface area contributed by atoms with Gasteiger partial charge in [0.25, 0.3) is 0 Å². The molecule has 0 saturated carbocycles. The van der Waals surface area contributed by atoms with Crippen LogP contribution in [0.15, 0.2) is 6.07 Å². The van der Waals surface area contributed by atoms with E-state index >= 15 is 0 Å². The van der Waals surface area contributed by atoms with E-state index in [-0.39, 0.29) is 5.56 Å². The second kappa shape index (κ2) is 4.64. The summed E-state index contributed by atoms with van der Waals surface area (Å²) in [5.74, 6) is -25.9. The number of halogens is 8. The van der Waals surface area contributed by atoms with Crippen LogP contribution in [0.2, 0.25) is 0 Å². The number of hydrogen-bond acceptors (Lipinski definition) is 2. The van der Waals surface area contributed by atoms with Gasteiger partial charge in [0.1, 0.15) is 11.5 Å². The molecule has 0 bridgehead atoms. The number of methoxy groups -OCH3 is 2. The van der Waals surface area contributed by atoms with Crippen LogP contribution < -0.4 is 9.47 Å². The predicted octanol–water partition coefficient (Wildman–Crippen LogP) is 4.48. The van der Waals surface area contributed by atoms with Crippen molar-refractivity contribution in [2.45, 2.75) is 30.6 Å². The first-order valence-corrected chi connectivity index (χ1v) is 6.06. The molecule has 0 atom stereocenters. The summed E-state index contributed by atoms with van der Waals surface area (Å²) in [6, 6.07) is 0.737. The van der Waals surface area contributed by atoms with Crippen LogP contribution in [0.25, 0.3) is 0 Å². The molecule has 1 aliphatic carbocycles. The minimum absolute atomic E-state index is 0.250. The van der Waals surface area contributed by atoms with Gasteiger partial charge in [0.15, 0.2) is 0 Å². The van der Waals surface area contributed by atoms with Crippen LogP contribution in [-0.2, 0) is 11.8 Å². The Balaban J connectivity index is 3.08. The fraction of sp³-hybridized carbons (Fsp3) is 0.538. The van der Waals surface area contributed by atoms with E-state index in [2.05, 4.69) is 9.47 Å². The molecule has 0 N–H and O–H groups in total. The molecule has 0 unspecified atom stereocenters. The molecule has 0 aromatic heterocycles. The van der Waals surface area contributed by atoms with E-state index in [1.54, 1.807) is 0 Å². The Hall–Kier alpha value is -1.74. The van der Waals surface area contributed by atoms with Crippen molar-refractivity contribution < 1.29 is 44.6 Å². The largest absolute Gasteiger partial charge is 0.496 e. The molecule has 130 valence electrons. The zero-order valence-electron chi connectivity index (χ0n) is 11.9. The van der Waals surface area contributed by atoms with Crippen molar-refractivity contribution in [3.63, 3.8) is 0 Å². The molecule has 10 heteroatoms. The summed E-state index contributed by atoms with van der Waals surface area (Å²) >= 11 is 0. The zero-order valence-corrected chi connectivity index (χ0v) is 11.9.